The molecule has 0 aliphatic carbocycles. The van der Waals surface area contributed by atoms with E-state index in [-0.39, 0.29) is 0 Å². The van der Waals surface area contributed by atoms with E-state index in [1.54, 1.807) is 48.5 Å². The molecular weight excluding hydrogens is 256 g/mol. The van der Waals surface area contributed by atoms with Gasteiger partial charge >= 0.3 is 6.03 Å². The molecule has 2 unspecified atom stereocenters. The number of rotatable bonds is 4. The van der Waals surface area contributed by atoms with Crippen molar-refractivity contribution in [2.45, 2.75) is 12.5 Å². The highest BCUT2D eigenvalue weighted by molar-refractivity contribution is 5.74. The summed E-state index contributed by atoms with van der Waals surface area (Å²) in [6, 6.07) is 16.8. The van der Waals surface area contributed by atoms with Crippen molar-refractivity contribution in [3.63, 3.8) is 0 Å². The van der Waals surface area contributed by atoms with Crippen LogP contribution in [0, 0.1) is 0 Å². The van der Waals surface area contributed by atoms with Gasteiger partial charge in [0.2, 0.25) is 0 Å². The lowest BCUT2D eigenvalue weighted by Gasteiger charge is -2.17. The third-order valence-electron chi connectivity index (χ3n) is 2.77. The van der Waals surface area contributed by atoms with Crippen LogP contribution in [0.25, 0.3) is 0 Å². The van der Waals surface area contributed by atoms with E-state index in [2.05, 4.69) is 10.6 Å². The minimum Gasteiger partial charge on any atom is -0.369 e. The molecule has 5 heteroatoms. The van der Waals surface area contributed by atoms with E-state index in [0.29, 0.717) is 11.1 Å². The van der Waals surface area contributed by atoms with Gasteiger partial charge < -0.3 is 20.8 Å². The molecule has 0 saturated carbocycles. The number of urea groups is 1. The molecule has 2 aromatic rings. The van der Waals surface area contributed by atoms with Crippen LogP contribution in [0.3, 0.4) is 0 Å². The molecule has 0 heterocycles. The van der Waals surface area contributed by atoms with Crippen LogP contribution in [0.5, 0.6) is 0 Å². The van der Waals surface area contributed by atoms with Crippen LogP contribution in [0.15, 0.2) is 60.7 Å². The Labute approximate surface area is 116 Å². The number of hydrogen-bond donors (Lipinski definition) is 4. The van der Waals surface area contributed by atoms with Crippen molar-refractivity contribution in [2.75, 3.05) is 0 Å². The number of hydrogen-bond acceptors (Lipinski definition) is 3. The lowest BCUT2D eigenvalue weighted by atomic mass is 10.2. The summed E-state index contributed by atoms with van der Waals surface area (Å²) in [4.78, 5) is 11.7. The molecule has 2 atom stereocenters. The fourth-order valence-electron chi connectivity index (χ4n) is 1.73. The lowest BCUT2D eigenvalue weighted by molar-refractivity contribution is 0.118. The number of benzene rings is 2. The quantitative estimate of drug-likeness (QED) is 0.639. The second-order valence-electron chi connectivity index (χ2n) is 4.24. The number of carbonyl (C=O) groups excluding carboxylic acids is 1. The van der Waals surface area contributed by atoms with Gasteiger partial charge in [0.1, 0.15) is 0 Å². The van der Waals surface area contributed by atoms with Crippen molar-refractivity contribution in [1.82, 2.24) is 10.6 Å². The molecule has 104 valence electrons. The standard InChI is InChI=1S/C15H16N2O3/c18-13(11-7-3-1-4-8-11)16-15(20)17-14(19)12-9-5-2-6-10-12/h1-10,13-14,18-19H,(H2,16,17,20). The van der Waals surface area contributed by atoms with Gasteiger partial charge in [-0.25, -0.2) is 4.79 Å². The van der Waals surface area contributed by atoms with Crippen molar-refractivity contribution in [3.05, 3.63) is 71.8 Å². The molecular formula is C15H16N2O3. The molecule has 4 N–H and O–H groups in total. The molecule has 0 saturated heterocycles. The van der Waals surface area contributed by atoms with E-state index in [9.17, 15) is 15.0 Å². The number of aliphatic hydroxyl groups is 2. The molecule has 0 aliphatic heterocycles. The van der Waals surface area contributed by atoms with Crippen LogP contribution in [0.2, 0.25) is 0 Å². The maximum Gasteiger partial charge on any atom is 0.319 e. The Bertz CT molecular complexity index is 496. The second kappa shape index (κ2) is 6.70. The molecule has 0 bridgehead atoms. The highest BCUT2D eigenvalue weighted by Gasteiger charge is 2.14. The molecule has 2 rings (SSSR count). The van der Waals surface area contributed by atoms with Gasteiger partial charge in [-0.05, 0) is 0 Å². The largest absolute Gasteiger partial charge is 0.369 e. The number of nitrogens with one attached hydrogen (secondary N) is 2. The second-order valence-corrected chi connectivity index (χ2v) is 4.24. The summed E-state index contributed by atoms with van der Waals surface area (Å²) in [7, 11) is 0. The first-order chi connectivity index (χ1) is 9.66. The van der Waals surface area contributed by atoms with E-state index in [1.807, 2.05) is 12.1 Å². The van der Waals surface area contributed by atoms with E-state index in [0.717, 1.165) is 0 Å². The minimum absolute atomic E-state index is 0.567. The van der Waals surface area contributed by atoms with Crippen molar-refractivity contribution in [1.29, 1.82) is 0 Å². The van der Waals surface area contributed by atoms with Gasteiger partial charge in [-0.2, -0.15) is 0 Å². The normalized spacial score (nSPS) is 13.3. The van der Waals surface area contributed by atoms with Crippen LogP contribution in [-0.4, -0.2) is 16.2 Å². The Morgan fingerprint density at radius 1 is 0.750 bits per heavy atom. The predicted molar refractivity (Wildman–Crippen MR) is 74.5 cm³/mol. The Balaban J connectivity index is 1.90. The molecule has 20 heavy (non-hydrogen) atoms. The molecule has 0 aromatic heterocycles. The third kappa shape index (κ3) is 3.81. The van der Waals surface area contributed by atoms with Gasteiger partial charge in [-0.3, -0.25) is 0 Å². The molecule has 0 radical (unpaired) electrons. The first kappa shape index (κ1) is 14.0. The topological polar surface area (TPSA) is 81.6 Å². The summed E-state index contributed by atoms with van der Waals surface area (Å²) in [5.41, 5.74) is 1.13. The summed E-state index contributed by atoms with van der Waals surface area (Å²) < 4.78 is 0. The molecule has 5 nitrogen and oxygen atoms in total. The summed E-state index contributed by atoms with van der Waals surface area (Å²) in [6.07, 6.45) is -2.25. The van der Waals surface area contributed by atoms with Crippen molar-refractivity contribution >= 4 is 6.03 Å². The first-order valence-electron chi connectivity index (χ1n) is 6.20. The van der Waals surface area contributed by atoms with E-state index in [4.69, 9.17) is 0 Å². The van der Waals surface area contributed by atoms with Gasteiger partial charge in [0.15, 0.2) is 12.5 Å². The van der Waals surface area contributed by atoms with Gasteiger partial charge in [0.25, 0.3) is 0 Å². The van der Waals surface area contributed by atoms with Crippen molar-refractivity contribution in [3.8, 4) is 0 Å². The molecule has 0 spiro atoms. The summed E-state index contributed by atoms with van der Waals surface area (Å²) in [6.45, 7) is 0. The molecule has 0 fully saturated rings. The highest BCUT2D eigenvalue weighted by Crippen LogP contribution is 2.10. The fraction of sp³-hybridized carbons (Fsp3) is 0.133. The average Bonchev–Trinajstić information content (AvgIpc) is 2.49. The zero-order chi connectivity index (χ0) is 14.4. The lowest BCUT2D eigenvalue weighted by Crippen LogP contribution is -2.39. The third-order valence-corrected chi connectivity index (χ3v) is 2.77. The van der Waals surface area contributed by atoms with E-state index >= 15 is 0 Å². The molecule has 0 aliphatic rings. The zero-order valence-corrected chi connectivity index (χ0v) is 10.7. The minimum atomic E-state index is -1.13. The smallest absolute Gasteiger partial charge is 0.319 e. The number of carbonyl (C=O) groups is 1. The summed E-state index contributed by atoms with van der Waals surface area (Å²) in [5.74, 6) is 0. The Hall–Kier alpha value is -2.37. The Kier molecular flexibility index (Phi) is 4.70. The van der Waals surface area contributed by atoms with Gasteiger partial charge in [-0.15, -0.1) is 0 Å². The fourth-order valence-corrected chi connectivity index (χ4v) is 1.73. The zero-order valence-electron chi connectivity index (χ0n) is 10.7. The van der Waals surface area contributed by atoms with Gasteiger partial charge in [0, 0.05) is 11.1 Å². The van der Waals surface area contributed by atoms with Crippen LogP contribution in [0.1, 0.15) is 23.6 Å². The van der Waals surface area contributed by atoms with Crippen LogP contribution in [0.4, 0.5) is 4.79 Å². The summed E-state index contributed by atoms with van der Waals surface area (Å²) >= 11 is 0. The van der Waals surface area contributed by atoms with E-state index in [1.165, 1.54) is 0 Å². The SMILES string of the molecule is O=C(NC(O)c1ccccc1)NC(O)c1ccccc1. The van der Waals surface area contributed by atoms with E-state index < -0.39 is 18.5 Å². The van der Waals surface area contributed by atoms with Crippen molar-refractivity contribution in [2.24, 2.45) is 0 Å². The van der Waals surface area contributed by atoms with Gasteiger partial charge in [0.05, 0.1) is 0 Å². The maximum atomic E-state index is 11.7. The summed E-state index contributed by atoms with van der Waals surface area (Å²) in [5, 5.41) is 24.3. The van der Waals surface area contributed by atoms with Crippen LogP contribution in [-0.2, 0) is 0 Å². The van der Waals surface area contributed by atoms with Crippen LogP contribution < -0.4 is 10.6 Å². The highest BCUT2D eigenvalue weighted by atomic mass is 16.3. The Morgan fingerprint density at radius 3 is 1.45 bits per heavy atom. The average molecular weight is 272 g/mol. The monoisotopic (exact) mass is 272 g/mol. The van der Waals surface area contributed by atoms with Crippen molar-refractivity contribution < 1.29 is 15.0 Å². The molecule has 2 aromatic carbocycles. The number of aliphatic hydroxyl groups excluding tert-OH is 2. The Morgan fingerprint density at radius 2 is 1.10 bits per heavy atom. The first-order valence-corrected chi connectivity index (χ1v) is 6.20. The maximum absolute atomic E-state index is 11.7. The van der Waals surface area contributed by atoms with Crippen LogP contribution >= 0.6 is 0 Å². The number of amides is 2. The molecule has 2 amide bonds. The predicted octanol–water partition coefficient (Wildman–Crippen LogP) is 1.67. The van der Waals surface area contributed by atoms with Gasteiger partial charge in [-0.1, -0.05) is 60.7 Å².